The predicted octanol–water partition coefficient (Wildman–Crippen LogP) is 4.24. The topological polar surface area (TPSA) is 15.3 Å². The molecule has 112 valence electrons. The first kappa shape index (κ1) is 15.6. The second kappa shape index (κ2) is 7.28. The molecule has 0 bridgehead atoms. The molecule has 0 saturated heterocycles. The van der Waals surface area contributed by atoms with Crippen molar-refractivity contribution in [3.63, 3.8) is 0 Å². The maximum atomic E-state index is 3.69. The van der Waals surface area contributed by atoms with Gasteiger partial charge in [-0.15, -0.1) is 0 Å². The molecule has 21 heavy (non-hydrogen) atoms. The summed E-state index contributed by atoms with van der Waals surface area (Å²) in [5, 5.41) is 3.69. The first-order chi connectivity index (χ1) is 10.1. The average Bonchev–Trinajstić information content (AvgIpc) is 2.48. The van der Waals surface area contributed by atoms with E-state index in [4.69, 9.17) is 0 Å². The lowest BCUT2D eigenvalue weighted by atomic mass is 9.96. The van der Waals surface area contributed by atoms with Gasteiger partial charge in [0.2, 0.25) is 0 Å². The van der Waals surface area contributed by atoms with Gasteiger partial charge in [0.1, 0.15) is 0 Å². The zero-order chi connectivity index (χ0) is 15.2. The van der Waals surface area contributed by atoms with Gasteiger partial charge < -0.3 is 10.2 Å². The molecule has 0 aliphatic heterocycles. The molecule has 0 aliphatic carbocycles. The molecule has 2 aromatic carbocycles. The fourth-order valence-electron chi connectivity index (χ4n) is 2.54. The molecule has 1 unspecified atom stereocenters. The van der Waals surface area contributed by atoms with E-state index >= 15 is 0 Å². The lowest BCUT2D eigenvalue weighted by molar-refractivity contribution is 0.410. The molecule has 2 nitrogen and oxygen atoms in total. The Morgan fingerprint density at radius 1 is 0.905 bits per heavy atom. The highest BCUT2D eigenvalue weighted by Crippen LogP contribution is 2.22. The second-order valence-corrected chi connectivity index (χ2v) is 6.07. The van der Waals surface area contributed by atoms with Gasteiger partial charge in [-0.3, -0.25) is 0 Å². The third kappa shape index (κ3) is 4.33. The highest BCUT2D eigenvalue weighted by molar-refractivity contribution is 5.46. The maximum Gasteiger partial charge on any atom is 0.0361 e. The Hall–Kier alpha value is -1.80. The molecule has 0 aromatic heterocycles. The summed E-state index contributed by atoms with van der Waals surface area (Å²) in [6.07, 6.45) is 0. The van der Waals surface area contributed by atoms with E-state index in [9.17, 15) is 0 Å². The zero-order valence-corrected chi connectivity index (χ0v) is 13.5. The number of anilines is 1. The van der Waals surface area contributed by atoms with E-state index < -0.39 is 0 Å². The smallest absolute Gasteiger partial charge is 0.0361 e. The van der Waals surface area contributed by atoms with Crippen molar-refractivity contribution in [2.75, 3.05) is 19.0 Å². The van der Waals surface area contributed by atoms with Crippen molar-refractivity contribution in [2.45, 2.75) is 26.4 Å². The Labute approximate surface area is 128 Å². The van der Waals surface area contributed by atoms with E-state index in [0.717, 1.165) is 6.54 Å². The van der Waals surface area contributed by atoms with E-state index in [2.05, 4.69) is 92.8 Å². The van der Waals surface area contributed by atoms with Crippen molar-refractivity contribution in [3.8, 4) is 0 Å². The number of nitrogens with zero attached hydrogens (tertiary/aromatic N) is 1. The molecule has 0 saturated carbocycles. The number of hydrogen-bond donors (Lipinski definition) is 1. The number of benzene rings is 2. The lowest BCUT2D eigenvalue weighted by Gasteiger charge is -2.23. The first-order valence-corrected chi connectivity index (χ1v) is 7.62. The minimum Gasteiger partial charge on any atom is -0.378 e. The van der Waals surface area contributed by atoms with Crippen molar-refractivity contribution >= 4 is 5.69 Å². The van der Waals surface area contributed by atoms with Crippen LogP contribution in [-0.2, 0) is 6.54 Å². The molecule has 0 amide bonds. The van der Waals surface area contributed by atoms with Gasteiger partial charge in [0.05, 0.1) is 0 Å². The Balaban J connectivity index is 2.02. The maximum absolute atomic E-state index is 3.69. The van der Waals surface area contributed by atoms with Crippen molar-refractivity contribution < 1.29 is 0 Å². The average molecular weight is 282 g/mol. The normalized spacial score (nSPS) is 12.4. The largest absolute Gasteiger partial charge is 0.378 e. The first-order valence-electron chi connectivity index (χ1n) is 7.62. The fraction of sp³-hybridized carbons (Fsp3) is 0.368. The number of rotatable bonds is 6. The van der Waals surface area contributed by atoms with Gasteiger partial charge in [-0.2, -0.15) is 0 Å². The summed E-state index contributed by atoms with van der Waals surface area (Å²) >= 11 is 0. The highest BCUT2D eigenvalue weighted by Gasteiger charge is 2.14. The van der Waals surface area contributed by atoms with Gasteiger partial charge in [0.25, 0.3) is 0 Å². The quantitative estimate of drug-likeness (QED) is 0.852. The van der Waals surface area contributed by atoms with Crippen molar-refractivity contribution in [3.05, 3.63) is 65.7 Å². The Morgan fingerprint density at radius 2 is 1.52 bits per heavy atom. The van der Waals surface area contributed by atoms with Gasteiger partial charge in [-0.25, -0.2) is 0 Å². The minimum atomic E-state index is 0.389. The summed E-state index contributed by atoms with van der Waals surface area (Å²) in [5.74, 6) is 0.563. The van der Waals surface area contributed by atoms with Crippen LogP contribution in [0.15, 0.2) is 54.6 Å². The van der Waals surface area contributed by atoms with Crippen molar-refractivity contribution in [1.29, 1.82) is 0 Å². The molecular weight excluding hydrogens is 256 g/mol. The molecule has 1 N–H and O–H groups in total. The van der Waals surface area contributed by atoms with Crippen molar-refractivity contribution in [2.24, 2.45) is 5.92 Å². The van der Waals surface area contributed by atoms with Crippen LogP contribution in [0.3, 0.4) is 0 Å². The lowest BCUT2D eigenvalue weighted by Crippen LogP contribution is -2.25. The summed E-state index contributed by atoms with van der Waals surface area (Å²) in [5.41, 5.74) is 3.92. The summed E-state index contributed by atoms with van der Waals surface area (Å²) in [7, 11) is 4.13. The molecule has 2 aromatic rings. The second-order valence-electron chi connectivity index (χ2n) is 6.07. The van der Waals surface area contributed by atoms with E-state index in [1.54, 1.807) is 0 Å². The molecular formula is C19H26N2. The monoisotopic (exact) mass is 282 g/mol. The van der Waals surface area contributed by atoms with Gasteiger partial charge in [-0.1, -0.05) is 56.3 Å². The van der Waals surface area contributed by atoms with Crippen LogP contribution in [0.4, 0.5) is 5.69 Å². The zero-order valence-electron chi connectivity index (χ0n) is 13.5. The van der Waals surface area contributed by atoms with Crippen LogP contribution in [-0.4, -0.2) is 14.1 Å². The third-order valence-corrected chi connectivity index (χ3v) is 3.80. The summed E-state index contributed by atoms with van der Waals surface area (Å²) in [6.45, 7) is 5.42. The van der Waals surface area contributed by atoms with Crippen LogP contribution in [0.2, 0.25) is 0 Å². The SMILES string of the molecule is CC(C)C(NCc1ccc(N(C)C)cc1)c1ccccc1. The summed E-state index contributed by atoms with van der Waals surface area (Å²) in [4.78, 5) is 2.12. The molecule has 2 heteroatoms. The molecule has 0 heterocycles. The predicted molar refractivity (Wildman–Crippen MR) is 91.6 cm³/mol. The van der Waals surface area contributed by atoms with Gasteiger partial charge in [0, 0.05) is 32.4 Å². The fourth-order valence-corrected chi connectivity index (χ4v) is 2.54. The van der Waals surface area contributed by atoms with Gasteiger partial charge >= 0.3 is 0 Å². The molecule has 0 spiro atoms. The van der Waals surface area contributed by atoms with E-state index in [1.807, 2.05) is 0 Å². The Kier molecular flexibility index (Phi) is 5.40. The summed E-state index contributed by atoms with van der Waals surface area (Å²) < 4.78 is 0. The number of hydrogen-bond acceptors (Lipinski definition) is 2. The van der Waals surface area contributed by atoms with E-state index in [0.29, 0.717) is 12.0 Å². The van der Waals surface area contributed by atoms with Crippen LogP contribution >= 0.6 is 0 Å². The van der Waals surface area contributed by atoms with Crippen LogP contribution < -0.4 is 10.2 Å². The molecule has 0 radical (unpaired) electrons. The van der Waals surface area contributed by atoms with Crippen LogP contribution in [0.25, 0.3) is 0 Å². The molecule has 0 fully saturated rings. The third-order valence-electron chi connectivity index (χ3n) is 3.80. The summed E-state index contributed by atoms with van der Waals surface area (Å²) in [6, 6.07) is 19.8. The Morgan fingerprint density at radius 3 is 2.05 bits per heavy atom. The molecule has 0 aliphatic rings. The van der Waals surface area contributed by atoms with E-state index in [-0.39, 0.29) is 0 Å². The van der Waals surface area contributed by atoms with E-state index in [1.165, 1.54) is 16.8 Å². The van der Waals surface area contributed by atoms with Crippen molar-refractivity contribution in [1.82, 2.24) is 5.32 Å². The molecule has 1 atom stereocenters. The van der Waals surface area contributed by atoms with Crippen LogP contribution in [0.1, 0.15) is 31.0 Å². The Bertz CT molecular complexity index is 529. The van der Waals surface area contributed by atoms with Gasteiger partial charge in [0.15, 0.2) is 0 Å². The van der Waals surface area contributed by atoms with Crippen LogP contribution in [0.5, 0.6) is 0 Å². The highest BCUT2D eigenvalue weighted by atomic mass is 15.1. The van der Waals surface area contributed by atoms with Crippen LogP contribution in [0, 0.1) is 5.92 Å². The number of nitrogens with one attached hydrogen (secondary N) is 1. The standard InChI is InChI=1S/C19H26N2/c1-15(2)19(17-8-6-5-7-9-17)20-14-16-10-12-18(13-11-16)21(3)4/h5-13,15,19-20H,14H2,1-4H3. The van der Waals surface area contributed by atoms with Gasteiger partial charge in [-0.05, 0) is 29.2 Å². The molecule has 2 rings (SSSR count). The minimum absolute atomic E-state index is 0.389.